The molecule has 4 heteroatoms. The van der Waals surface area contributed by atoms with Crippen LogP contribution in [-0.2, 0) is 4.79 Å². The molecule has 2 aliphatic rings. The minimum absolute atomic E-state index is 0.106. The number of nitrogens with two attached hydrogens (primary N) is 1. The molecule has 0 atom stereocenters. The van der Waals surface area contributed by atoms with Gasteiger partial charge in [-0.05, 0) is 38.5 Å². The van der Waals surface area contributed by atoms with Crippen LogP contribution in [-0.4, -0.2) is 42.0 Å². The second-order valence-corrected chi connectivity index (χ2v) is 5.46. The van der Waals surface area contributed by atoms with E-state index in [9.17, 15) is 4.79 Å². The van der Waals surface area contributed by atoms with E-state index < -0.39 is 0 Å². The van der Waals surface area contributed by atoms with Gasteiger partial charge in [-0.1, -0.05) is 0 Å². The fourth-order valence-corrected chi connectivity index (χ4v) is 3.06. The standard InChI is InChI=1S/C13H25N3O/c1-10(17)15-11-2-4-12(5-3-11)16(9-8-14)13-6-7-13/h11-13H,2-9,14H2,1H3,(H,15,17). The lowest BCUT2D eigenvalue weighted by Gasteiger charge is -2.37. The van der Waals surface area contributed by atoms with Gasteiger partial charge in [-0.2, -0.15) is 0 Å². The van der Waals surface area contributed by atoms with Crippen molar-refractivity contribution in [3.63, 3.8) is 0 Å². The lowest BCUT2D eigenvalue weighted by atomic mass is 9.90. The molecular weight excluding hydrogens is 214 g/mol. The molecule has 0 aromatic heterocycles. The number of carbonyl (C=O) groups excluding carboxylic acids is 1. The third-order valence-corrected chi connectivity index (χ3v) is 3.98. The summed E-state index contributed by atoms with van der Waals surface area (Å²) in [7, 11) is 0. The Morgan fingerprint density at radius 1 is 1.18 bits per heavy atom. The Kier molecular flexibility index (Phi) is 4.40. The third-order valence-electron chi connectivity index (χ3n) is 3.98. The fraction of sp³-hybridized carbons (Fsp3) is 0.923. The average Bonchev–Trinajstić information content (AvgIpc) is 3.10. The van der Waals surface area contributed by atoms with Crippen LogP contribution in [0.3, 0.4) is 0 Å². The summed E-state index contributed by atoms with van der Waals surface area (Å²) >= 11 is 0. The van der Waals surface area contributed by atoms with Gasteiger partial charge >= 0.3 is 0 Å². The van der Waals surface area contributed by atoms with Gasteiger partial charge in [0, 0.05) is 38.1 Å². The first-order valence-electron chi connectivity index (χ1n) is 6.93. The predicted octanol–water partition coefficient (Wildman–Crippen LogP) is 0.857. The highest BCUT2D eigenvalue weighted by molar-refractivity contribution is 5.73. The second kappa shape index (κ2) is 5.83. The summed E-state index contributed by atoms with van der Waals surface area (Å²) in [6.07, 6.45) is 7.37. The van der Waals surface area contributed by atoms with Gasteiger partial charge in [0.25, 0.3) is 0 Å². The number of nitrogens with one attached hydrogen (secondary N) is 1. The molecule has 0 heterocycles. The largest absolute Gasteiger partial charge is 0.354 e. The Balaban J connectivity index is 1.78. The van der Waals surface area contributed by atoms with Crippen LogP contribution in [0.25, 0.3) is 0 Å². The molecule has 0 unspecified atom stereocenters. The third kappa shape index (κ3) is 3.68. The highest BCUT2D eigenvalue weighted by Gasteiger charge is 2.35. The minimum Gasteiger partial charge on any atom is -0.354 e. The summed E-state index contributed by atoms with van der Waals surface area (Å²) < 4.78 is 0. The van der Waals surface area contributed by atoms with Crippen LogP contribution in [0.5, 0.6) is 0 Å². The molecule has 4 nitrogen and oxygen atoms in total. The highest BCUT2D eigenvalue weighted by atomic mass is 16.1. The van der Waals surface area contributed by atoms with Crippen molar-refractivity contribution in [3.8, 4) is 0 Å². The summed E-state index contributed by atoms with van der Waals surface area (Å²) in [5.41, 5.74) is 5.70. The molecular formula is C13H25N3O. The molecule has 0 radical (unpaired) electrons. The van der Waals surface area contributed by atoms with Crippen molar-refractivity contribution in [1.82, 2.24) is 10.2 Å². The number of rotatable bonds is 5. The van der Waals surface area contributed by atoms with Gasteiger partial charge in [-0.3, -0.25) is 9.69 Å². The summed E-state index contributed by atoms with van der Waals surface area (Å²) in [5, 5.41) is 3.04. The number of carbonyl (C=O) groups is 1. The van der Waals surface area contributed by atoms with Crippen molar-refractivity contribution in [2.24, 2.45) is 5.73 Å². The van der Waals surface area contributed by atoms with Gasteiger partial charge < -0.3 is 11.1 Å². The van der Waals surface area contributed by atoms with E-state index in [4.69, 9.17) is 5.73 Å². The van der Waals surface area contributed by atoms with Crippen LogP contribution >= 0.6 is 0 Å². The minimum atomic E-state index is 0.106. The van der Waals surface area contributed by atoms with Crippen molar-refractivity contribution in [3.05, 3.63) is 0 Å². The molecule has 2 saturated carbocycles. The summed E-state index contributed by atoms with van der Waals surface area (Å²) in [6, 6.07) is 1.92. The van der Waals surface area contributed by atoms with Gasteiger partial charge in [0.2, 0.25) is 5.91 Å². The Hall–Kier alpha value is -0.610. The van der Waals surface area contributed by atoms with Gasteiger partial charge in [-0.15, -0.1) is 0 Å². The van der Waals surface area contributed by atoms with Crippen molar-refractivity contribution in [2.45, 2.75) is 63.6 Å². The number of hydrogen-bond donors (Lipinski definition) is 2. The van der Waals surface area contributed by atoms with E-state index in [0.717, 1.165) is 32.0 Å². The zero-order valence-corrected chi connectivity index (χ0v) is 10.8. The molecule has 98 valence electrons. The number of hydrogen-bond acceptors (Lipinski definition) is 3. The monoisotopic (exact) mass is 239 g/mol. The van der Waals surface area contributed by atoms with Gasteiger partial charge in [0.15, 0.2) is 0 Å². The zero-order chi connectivity index (χ0) is 12.3. The summed E-state index contributed by atoms with van der Waals surface area (Å²) in [5.74, 6) is 0.106. The van der Waals surface area contributed by atoms with Crippen molar-refractivity contribution in [2.75, 3.05) is 13.1 Å². The van der Waals surface area contributed by atoms with Gasteiger partial charge in [-0.25, -0.2) is 0 Å². The highest BCUT2D eigenvalue weighted by Crippen LogP contribution is 2.33. The maximum atomic E-state index is 11.0. The van der Waals surface area contributed by atoms with E-state index in [0.29, 0.717) is 12.1 Å². The topological polar surface area (TPSA) is 58.4 Å². The molecule has 2 fully saturated rings. The predicted molar refractivity (Wildman–Crippen MR) is 68.6 cm³/mol. The molecule has 2 rings (SSSR count). The lowest BCUT2D eigenvalue weighted by Crippen LogP contribution is -2.45. The summed E-state index contributed by atoms with van der Waals surface area (Å²) in [4.78, 5) is 13.6. The Morgan fingerprint density at radius 3 is 2.12 bits per heavy atom. The molecule has 0 aromatic rings. The molecule has 17 heavy (non-hydrogen) atoms. The smallest absolute Gasteiger partial charge is 0.217 e. The number of amides is 1. The number of nitrogens with zero attached hydrogens (tertiary/aromatic N) is 1. The van der Waals surface area contributed by atoms with Gasteiger partial charge in [0.1, 0.15) is 0 Å². The van der Waals surface area contributed by atoms with E-state index in [1.165, 1.54) is 25.7 Å². The molecule has 1 amide bonds. The molecule has 0 saturated heterocycles. The normalized spacial score (nSPS) is 29.4. The molecule has 3 N–H and O–H groups in total. The Morgan fingerprint density at radius 2 is 1.71 bits per heavy atom. The van der Waals surface area contributed by atoms with Crippen LogP contribution in [0.15, 0.2) is 0 Å². The van der Waals surface area contributed by atoms with E-state index >= 15 is 0 Å². The van der Waals surface area contributed by atoms with E-state index in [1.807, 2.05) is 0 Å². The molecule has 0 spiro atoms. The first kappa shape index (κ1) is 12.8. The fourth-order valence-electron chi connectivity index (χ4n) is 3.06. The maximum absolute atomic E-state index is 11.0. The van der Waals surface area contributed by atoms with E-state index in [2.05, 4.69) is 10.2 Å². The van der Waals surface area contributed by atoms with Gasteiger partial charge in [0.05, 0.1) is 0 Å². The Labute approximate surface area is 104 Å². The Bertz CT molecular complexity index is 257. The average molecular weight is 239 g/mol. The van der Waals surface area contributed by atoms with Crippen LogP contribution in [0.4, 0.5) is 0 Å². The van der Waals surface area contributed by atoms with Crippen LogP contribution < -0.4 is 11.1 Å². The van der Waals surface area contributed by atoms with Crippen molar-refractivity contribution < 1.29 is 4.79 Å². The molecule has 0 aliphatic heterocycles. The van der Waals surface area contributed by atoms with Crippen LogP contribution in [0.1, 0.15) is 45.4 Å². The van der Waals surface area contributed by atoms with E-state index in [1.54, 1.807) is 6.92 Å². The van der Waals surface area contributed by atoms with Crippen molar-refractivity contribution in [1.29, 1.82) is 0 Å². The SMILES string of the molecule is CC(=O)NC1CCC(N(CCN)C2CC2)CC1. The zero-order valence-electron chi connectivity index (χ0n) is 10.8. The quantitative estimate of drug-likeness (QED) is 0.748. The molecule has 0 aromatic carbocycles. The first-order chi connectivity index (χ1) is 8.20. The molecule has 2 aliphatic carbocycles. The van der Waals surface area contributed by atoms with Crippen LogP contribution in [0.2, 0.25) is 0 Å². The maximum Gasteiger partial charge on any atom is 0.217 e. The van der Waals surface area contributed by atoms with Crippen LogP contribution in [0, 0.1) is 0 Å². The van der Waals surface area contributed by atoms with Crippen molar-refractivity contribution >= 4 is 5.91 Å². The molecule has 0 bridgehead atoms. The first-order valence-corrected chi connectivity index (χ1v) is 6.93. The van der Waals surface area contributed by atoms with E-state index in [-0.39, 0.29) is 5.91 Å². The second-order valence-electron chi connectivity index (χ2n) is 5.46. The lowest BCUT2D eigenvalue weighted by molar-refractivity contribution is -0.119. The summed E-state index contributed by atoms with van der Waals surface area (Å²) in [6.45, 7) is 3.42.